The van der Waals surface area contributed by atoms with Crippen LogP contribution in [0.1, 0.15) is 24.4 Å². The lowest BCUT2D eigenvalue weighted by atomic mass is 10.0. The number of amidine groups is 1. The largest absolute Gasteiger partial charge is 0.332 e. The Labute approximate surface area is 157 Å². The van der Waals surface area contributed by atoms with Crippen molar-refractivity contribution in [1.82, 2.24) is 9.80 Å². The van der Waals surface area contributed by atoms with E-state index in [9.17, 15) is 13.2 Å². The monoisotopic (exact) mass is 391 g/mol. The van der Waals surface area contributed by atoms with Crippen molar-refractivity contribution >= 4 is 33.4 Å². The van der Waals surface area contributed by atoms with E-state index in [4.69, 9.17) is 11.6 Å². The van der Waals surface area contributed by atoms with Gasteiger partial charge in [-0.3, -0.25) is 4.79 Å². The standard InChI is InChI=1S/C18H18ClN3O3S/c19-15-6-3-13(4-7-15)16-2-1-9-22(16)18(23)14-5-8-17-20-26(24,25)11-10-21(17)12-14/h3-8,12,16H,1-2,9-11H2. The molecule has 1 aromatic rings. The summed E-state index contributed by atoms with van der Waals surface area (Å²) in [5.74, 6) is 0.272. The molecule has 136 valence electrons. The summed E-state index contributed by atoms with van der Waals surface area (Å²) in [7, 11) is -3.40. The van der Waals surface area contributed by atoms with Crippen LogP contribution in [-0.4, -0.2) is 48.8 Å². The molecule has 0 bridgehead atoms. The van der Waals surface area contributed by atoms with Gasteiger partial charge in [-0.1, -0.05) is 23.7 Å². The van der Waals surface area contributed by atoms with E-state index in [0.717, 1.165) is 18.4 Å². The average Bonchev–Trinajstić information content (AvgIpc) is 3.10. The fourth-order valence-corrected chi connectivity index (χ4v) is 4.63. The Bertz CT molecular complexity index is 935. The summed E-state index contributed by atoms with van der Waals surface area (Å²) < 4.78 is 26.9. The highest BCUT2D eigenvalue weighted by molar-refractivity contribution is 7.90. The molecular formula is C18H18ClN3O3S. The van der Waals surface area contributed by atoms with Crippen LogP contribution in [0, 0.1) is 0 Å². The van der Waals surface area contributed by atoms with E-state index < -0.39 is 10.0 Å². The SMILES string of the molecule is O=C(C1=CN2CCS(=O)(=O)N=C2C=C1)N1CCCC1c1ccc(Cl)cc1. The first-order chi connectivity index (χ1) is 12.4. The van der Waals surface area contributed by atoms with Crippen molar-refractivity contribution in [2.24, 2.45) is 4.40 Å². The molecule has 6 nitrogen and oxygen atoms in total. The lowest BCUT2D eigenvalue weighted by Crippen LogP contribution is -2.39. The number of benzene rings is 1. The molecule has 26 heavy (non-hydrogen) atoms. The summed E-state index contributed by atoms with van der Waals surface area (Å²) in [6.07, 6.45) is 6.81. The van der Waals surface area contributed by atoms with Crippen LogP contribution in [-0.2, 0) is 14.8 Å². The zero-order chi connectivity index (χ0) is 18.3. The number of nitrogens with zero attached hydrogens (tertiary/aromatic N) is 3. The molecule has 0 aliphatic carbocycles. The summed E-state index contributed by atoms with van der Waals surface area (Å²) in [6, 6.07) is 7.64. The van der Waals surface area contributed by atoms with Crippen molar-refractivity contribution in [3.8, 4) is 0 Å². The van der Waals surface area contributed by atoms with Gasteiger partial charge in [0.1, 0.15) is 5.84 Å². The molecule has 1 aromatic carbocycles. The predicted molar refractivity (Wildman–Crippen MR) is 100 cm³/mol. The van der Waals surface area contributed by atoms with Crippen LogP contribution in [0.2, 0.25) is 5.02 Å². The Kier molecular flexibility index (Phi) is 4.36. The number of rotatable bonds is 2. The van der Waals surface area contributed by atoms with Crippen molar-refractivity contribution in [1.29, 1.82) is 0 Å². The van der Waals surface area contributed by atoms with E-state index in [1.54, 1.807) is 23.3 Å². The number of amides is 1. The summed E-state index contributed by atoms with van der Waals surface area (Å²) in [6.45, 7) is 1.01. The van der Waals surface area contributed by atoms with Gasteiger partial charge in [0.15, 0.2) is 0 Å². The van der Waals surface area contributed by atoms with E-state index >= 15 is 0 Å². The van der Waals surface area contributed by atoms with Gasteiger partial charge in [0.05, 0.1) is 17.4 Å². The number of likely N-dealkylation sites (tertiary alicyclic amines) is 1. The van der Waals surface area contributed by atoms with Crippen molar-refractivity contribution in [3.63, 3.8) is 0 Å². The Morgan fingerprint density at radius 1 is 1.15 bits per heavy atom. The summed E-state index contributed by atoms with van der Waals surface area (Å²) in [4.78, 5) is 16.6. The minimum Gasteiger partial charge on any atom is -0.332 e. The Balaban J connectivity index is 1.57. The number of hydrogen-bond acceptors (Lipinski definition) is 4. The van der Waals surface area contributed by atoms with E-state index in [1.807, 2.05) is 29.2 Å². The minimum absolute atomic E-state index is 0.0332. The maximum Gasteiger partial charge on any atom is 0.256 e. The molecule has 1 atom stereocenters. The first kappa shape index (κ1) is 17.3. The zero-order valence-corrected chi connectivity index (χ0v) is 15.6. The number of hydrogen-bond donors (Lipinski definition) is 0. The van der Waals surface area contributed by atoms with Gasteiger partial charge in [-0.2, -0.15) is 0 Å². The Morgan fingerprint density at radius 3 is 2.69 bits per heavy atom. The lowest BCUT2D eigenvalue weighted by Gasteiger charge is -2.30. The molecule has 8 heteroatoms. The molecule has 3 aliphatic heterocycles. The maximum absolute atomic E-state index is 13.0. The van der Waals surface area contributed by atoms with Gasteiger partial charge in [-0.25, -0.2) is 8.42 Å². The molecule has 3 aliphatic rings. The van der Waals surface area contributed by atoms with Crippen molar-refractivity contribution in [2.45, 2.75) is 18.9 Å². The van der Waals surface area contributed by atoms with E-state index in [0.29, 0.717) is 29.5 Å². The number of carbonyl (C=O) groups is 1. The van der Waals surface area contributed by atoms with E-state index in [2.05, 4.69) is 4.40 Å². The average molecular weight is 392 g/mol. The van der Waals surface area contributed by atoms with Crippen LogP contribution in [0.4, 0.5) is 0 Å². The second-order valence-corrected chi connectivity index (χ2v) is 8.75. The number of carbonyl (C=O) groups excluding carboxylic acids is 1. The number of halogens is 1. The fraction of sp³-hybridized carbons (Fsp3) is 0.333. The van der Waals surface area contributed by atoms with Crippen LogP contribution in [0.25, 0.3) is 0 Å². The highest BCUT2D eigenvalue weighted by Gasteiger charge is 2.33. The highest BCUT2D eigenvalue weighted by Crippen LogP contribution is 2.34. The number of fused-ring (bicyclic) bond motifs is 1. The molecule has 0 saturated carbocycles. The summed E-state index contributed by atoms with van der Waals surface area (Å²) in [5.41, 5.74) is 1.62. The molecule has 3 heterocycles. The van der Waals surface area contributed by atoms with Crippen LogP contribution in [0.3, 0.4) is 0 Å². The van der Waals surface area contributed by atoms with Gasteiger partial charge in [0.25, 0.3) is 15.9 Å². The first-order valence-electron chi connectivity index (χ1n) is 8.49. The molecule has 0 spiro atoms. The molecule has 0 radical (unpaired) electrons. The predicted octanol–water partition coefficient (Wildman–Crippen LogP) is 2.50. The van der Waals surface area contributed by atoms with Gasteiger partial charge in [-0.15, -0.1) is 4.40 Å². The quantitative estimate of drug-likeness (QED) is 0.776. The van der Waals surface area contributed by atoms with Crippen LogP contribution in [0.15, 0.2) is 52.6 Å². The van der Waals surface area contributed by atoms with Gasteiger partial charge in [0.2, 0.25) is 0 Å². The maximum atomic E-state index is 13.0. The van der Waals surface area contributed by atoms with Gasteiger partial charge >= 0.3 is 0 Å². The molecule has 1 saturated heterocycles. The van der Waals surface area contributed by atoms with Crippen LogP contribution in [0.5, 0.6) is 0 Å². The molecule has 0 aromatic heterocycles. The summed E-state index contributed by atoms with van der Waals surface area (Å²) in [5, 5.41) is 0.675. The van der Waals surface area contributed by atoms with Gasteiger partial charge < -0.3 is 9.80 Å². The van der Waals surface area contributed by atoms with Crippen LogP contribution < -0.4 is 0 Å². The highest BCUT2D eigenvalue weighted by atomic mass is 35.5. The molecule has 4 rings (SSSR count). The molecule has 0 N–H and O–H groups in total. The first-order valence-corrected chi connectivity index (χ1v) is 10.5. The lowest BCUT2D eigenvalue weighted by molar-refractivity contribution is -0.127. The normalized spacial score (nSPS) is 24.1. The van der Waals surface area contributed by atoms with Gasteiger partial charge in [-0.05, 0) is 42.7 Å². The second kappa shape index (κ2) is 6.55. The van der Waals surface area contributed by atoms with Crippen LogP contribution >= 0.6 is 11.6 Å². The van der Waals surface area contributed by atoms with E-state index in [1.165, 1.54) is 0 Å². The third-order valence-corrected chi connectivity index (χ3v) is 6.25. The molecule has 1 amide bonds. The van der Waals surface area contributed by atoms with Crippen molar-refractivity contribution in [3.05, 3.63) is 58.8 Å². The zero-order valence-electron chi connectivity index (χ0n) is 14.0. The number of sulfonamides is 1. The second-order valence-electron chi connectivity index (χ2n) is 6.55. The van der Waals surface area contributed by atoms with E-state index in [-0.39, 0.29) is 17.7 Å². The van der Waals surface area contributed by atoms with Crippen molar-refractivity contribution < 1.29 is 13.2 Å². The van der Waals surface area contributed by atoms with Crippen molar-refractivity contribution in [2.75, 3.05) is 18.8 Å². The molecule has 1 unspecified atom stereocenters. The minimum atomic E-state index is -3.40. The third-order valence-electron chi connectivity index (χ3n) is 4.84. The molecular weight excluding hydrogens is 374 g/mol. The summed E-state index contributed by atoms with van der Waals surface area (Å²) >= 11 is 5.97. The Morgan fingerprint density at radius 2 is 1.92 bits per heavy atom. The third kappa shape index (κ3) is 3.29. The smallest absolute Gasteiger partial charge is 0.256 e. The Hall–Kier alpha value is -2.12. The molecule has 1 fully saturated rings. The fourth-order valence-electron chi connectivity index (χ4n) is 3.53. The van der Waals surface area contributed by atoms with Gasteiger partial charge in [0, 0.05) is 24.3 Å². The topological polar surface area (TPSA) is 70.0 Å².